The molecule has 3 aliphatic carbocycles. The molecule has 2 aromatic rings. The molecule has 7 rings (SSSR count). The van der Waals surface area contributed by atoms with Crippen LogP contribution in [0.25, 0.3) is 0 Å². The second-order valence-corrected chi connectivity index (χ2v) is 18.0. The van der Waals surface area contributed by atoms with Crippen LogP contribution in [0.4, 0.5) is 5.69 Å². The Morgan fingerprint density at radius 2 is 2.02 bits per heavy atom. The van der Waals surface area contributed by atoms with Gasteiger partial charge in [-0.2, -0.15) is 0 Å². The number of nitrogens with one attached hydrogen (secondary N) is 1. The number of methoxy groups -OCH3 is 1. The molecule has 9 nitrogen and oxygen atoms in total. The summed E-state index contributed by atoms with van der Waals surface area (Å²) in [6, 6.07) is 11.6. The highest BCUT2D eigenvalue weighted by atomic mass is 35.5. The molecule has 2 saturated carbocycles. The van der Waals surface area contributed by atoms with Gasteiger partial charge in [-0.25, -0.2) is 4.21 Å². The number of amides is 2. The number of hydrogen-bond donors (Lipinski definition) is 2. The standard InChI is InChI=1S/C38H48ClN3O6S/c1-24-6-4-8-33(47-3)30-12-9-27(30)20-42-22-38(15-5-7-25-16-29(39)11-13-31(25)38)23-48-34-14-10-26(17-32(34)42)35(43)40-49(46,21-24)41-36(44)28-18-37(2,45)19-28/h4,8,10-11,13-14,16-17,24,27-28,30,33,45H,5-7,9,12,15,18-23H2,1-3H3,(H,40,41,43,44,46)/b8-4+/t24-,27-,28-,30+,33-,37+,38-,49?/m0/s1. The molecule has 0 saturated heterocycles. The van der Waals surface area contributed by atoms with Crippen LogP contribution in [0.15, 0.2) is 52.9 Å². The van der Waals surface area contributed by atoms with E-state index in [1.165, 1.54) is 11.1 Å². The Balaban J connectivity index is 1.28. The maximum absolute atomic E-state index is 14.4. The second kappa shape index (κ2) is 13.3. The van der Waals surface area contributed by atoms with Crippen molar-refractivity contribution in [2.75, 3.05) is 37.5 Å². The Morgan fingerprint density at radius 3 is 2.76 bits per heavy atom. The normalized spacial score (nSPS) is 36.5. The highest BCUT2D eigenvalue weighted by molar-refractivity contribution is 7.92. The molecular weight excluding hydrogens is 662 g/mol. The first-order chi connectivity index (χ1) is 23.4. The van der Waals surface area contributed by atoms with E-state index in [2.05, 4.69) is 38.3 Å². The third-order valence-corrected chi connectivity index (χ3v) is 13.8. The molecule has 2 amide bonds. The topological polar surface area (TPSA) is 118 Å². The van der Waals surface area contributed by atoms with Gasteiger partial charge in [0.25, 0.3) is 5.91 Å². The third kappa shape index (κ3) is 7.03. The first-order valence-corrected chi connectivity index (χ1v) is 19.8. The summed E-state index contributed by atoms with van der Waals surface area (Å²) in [5, 5.41) is 10.9. The first kappa shape index (κ1) is 34.5. The summed E-state index contributed by atoms with van der Waals surface area (Å²) in [7, 11) is -1.72. The minimum atomic E-state index is -3.48. The Morgan fingerprint density at radius 1 is 1.20 bits per heavy atom. The number of aliphatic hydroxyl groups is 1. The lowest BCUT2D eigenvalue weighted by molar-refractivity contribution is -0.137. The zero-order valence-corrected chi connectivity index (χ0v) is 30.2. The molecule has 1 spiro atoms. The van der Waals surface area contributed by atoms with Gasteiger partial charge in [-0.1, -0.05) is 36.7 Å². The summed E-state index contributed by atoms with van der Waals surface area (Å²) in [6.07, 6.45) is 10.4. The van der Waals surface area contributed by atoms with Gasteiger partial charge in [0.2, 0.25) is 5.91 Å². The molecule has 6 atom stereocenters. The summed E-state index contributed by atoms with van der Waals surface area (Å²) < 4.78 is 34.0. The number of rotatable bonds is 3. The monoisotopic (exact) mass is 709 g/mol. The fraction of sp³-hybridized carbons (Fsp3) is 0.579. The minimum Gasteiger partial charge on any atom is -0.490 e. The number of ether oxygens (including phenoxy) is 2. The van der Waals surface area contributed by atoms with Crippen LogP contribution in [0.1, 0.15) is 80.3 Å². The lowest BCUT2D eigenvalue weighted by Crippen LogP contribution is -2.50. The summed E-state index contributed by atoms with van der Waals surface area (Å²) in [6.45, 7) is 5.64. The Hall–Kier alpha value is -2.92. The largest absolute Gasteiger partial charge is 0.490 e. The van der Waals surface area contributed by atoms with E-state index in [1.54, 1.807) is 20.1 Å². The summed E-state index contributed by atoms with van der Waals surface area (Å²) in [4.78, 5) is 29.5. The van der Waals surface area contributed by atoms with Crippen LogP contribution in [-0.4, -0.2) is 65.4 Å². The molecule has 2 aliphatic heterocycles. The van der Waals surface area contributed by atoms with E-state index in [0.29, 0.717) is 36.2 Å². The van der Waals surface area contributed by atoms with E-state index in [9.17, 15) is 18.9 Å². The summed E-state index contributed by atoms with van der Waals surface area (Å²) in [5.41, 5.74) is 2.48. The van der Waals surface area contributed by atoms with E-state index in [1.807, 2.05) is 25.1 Å². The second-order valence-electron chi connectivity index (χ2n) is 15.5. The van der Waals surface area contributed by atoms with Crippen LogP contribution in [-0.2, 0) is 31.3 Å². The smallest absolute Gasteiger partial charge is 0.286 e. The van der Waals surface area contributed by atoms with E-state index in [0.717, 1.165) is 55.9 Å². The number of halogens is 1. The Bertz CT molecular complexity index is 1780. The van der Waals surface area contributed by atoms with Crippen LogP contribution in [0.2, 0.25) is 5.02 Å². The molecule has 264 valence electrons. The molecule has 11 heteroatoms. The van der Waals surface area contributed by atoms with Crippen LogP contribution in [0.5, 0.6) is 5.75 Å². The lowest BCUT2D eigenvalue weighted by Gasteiger charge is -2.46. The van der Waals surface area contributed by atoms with Crippen LogP contribution >= 0.6 is 11.6 Å². The Kier molecular flexibility index (Phi) is 9.39. The van der Waals surface area contributed by atoms with Crippen LogP contribution in [0, 0.1) is 23.7 Å². The predicted molar refractivity (Wildman–Crippen MR) is 191 cm³/mol. The van der Waals surface area contributed by atoms with Gasteiger partial charge in [-0.3, -0.25) is 14.3 Å². The van der Waals surface area contributed by atoms with E-state index in [4.69, 9.17) is 21.1 Å². The highest BCUT2D eigenvalue weighted by Crippen LogP contribution is 2.47. The zero-order chi connectivity index (χ0) is 34.6. The van der Waals surface area contributed by atoms with Gasteiger partial charge in [0.05, 0.1) is 29.8 Å². The number of anilines is 1. The van der Waals surface area contributed by atoms with Gasteiger partial charge in [0.15, 0.2) is 0 Å². The van der Waals surface area contributed by atoms with Crippen molar-refractivity contribution in [1.29, 1.82) is 0 Å². The predicted octanol–water partition coefficient (Wildman–Crippen LogP) is 6.25. The SMILES string of the molecule is CO[C@H]1/C=C/C[C@H](C)CS(=O)(NC(=O)[C@H]2C[C@@](C)(O)C2)=NC(=O)c2ccc3c(c2)N(C[C@@H]2CC[C@H]21)C[C@@]1(CCCc2cc(Cl)ccc21)CO3. The van der Waals surface area contributed by atoms with Crippen molar-refractivity contribution in [2.24, 2.45) is 28.0 Å². The highest BCUT2D eigenvalue weighted by Gasteiger charge is 2.45. The van der Waals surface area contributed by atoms with Crippen molar-refractivity contribution in [2.45, 2.75) is 82.3 Å². The maximum atomic E-state index is 14.4. The third-order valence-electron chi connectivity index (χ3n) is 11.5. The van der Waals surface area contributed by atoms with Crippen molar-refractivity contribution in [1.82, 2.24) is 4.72 Å². The van der Waals surface area contributed by atoms with Crippen molar-refractivity contribution >= 4 is 39.0 Å². The van der Waals surface area contributed by atoms with Crippen molar-refractivity contribution in [3.05, 3.63) is 70.3 Å². The van der Waals surface area contributed by atoms with Gasteiger partial charge in [-0.15, -0.1) is 4.36 Å². The van der Waals surface area contributed by atoms with Gasteiger partial charge >= 0.3 is 0 Å². The van der Waals surface area contributed by atoms with Gasteiger partial charge in [-0.05, 0) is 118 Å². The number of carbonyl (C=O) groups excluding carboxylic acids is 2. The molecular formula is C38H48ClN3O6S. The molecule has 49 heavy (non-hydrogen) atoms. The molecule has 2 N–H and O–H groups in total. The van der Waals surface area contributed by atoms with E-state index < -0.39 is 33.2 Å². The van der Waals surface area contributed by atoms with Crippen LogP contribution in [0.3, 0.4) is 0 Å². The number of fused-ring (bicyclic) bond motifs is 4. The van der Waals surface area contributed by atoms with Crippen molar-refractivity contribution in [3.63, 3.8) is 0 Å². The lowest BCUT2D eigenvalue weighted by atomic mass is 9.68. The number of hydrogen-bond acceptors (Lipinski definition) is 7. The molecule has 2 bridgehead atoms. The molecule has 0 radical (unpaired) electrons. The fourth-order valence-electron chi connectivity index (χ4n) is 8.80. The number of aryl methyl sites for hydroxylation is 1. The van der Waals surface area contributed by atoms with Gasteiger partial charge in [0.1, 0.15) is 15.7 Å². The minimum absolute atomic E-state index is 0.0216. The molecule has 2 heterocycles. The average molecular weight is 710 g/mol. The Labute approximate surface area is 295 Å². The number of benzene rings is 2. The number of nitrogens with zero attached hydrogens (tertiary/aromatic N) is 2. The quantitative estimate of drug-likeness (QED) is 0.362. The first-order valence-electron chi connectivity index (χ1n) is 17.7. The molecule has 2 fully saturated rings. The number of carbonyl (C=O) groups is 2. The zero-order valence-electron chi connectivity index (χ0n) is 28.7. The fourth-order valence-corrected chi connectivity index (χ4v) is 11.0. The molecule has 1 unspecified atom stereocenters. The summed E-state index contributed by atoms with van der Waals surface area (Å²) >= 11 is 6.44. The molecule has 2 aromatic carbocycles. The van der Waals surface area contributed by atoms with E-state index >= 15 is 0 Å². The van der Waals surface area contributed by atoms with Gasteiger partial charge in [0, 0.05) is 42.1 Å². The number of allylic oxidation sites excluding steroid dienone is 1. The van der Waals surface area contributed by atoms with Crippen molar-refractivity contribution in [3.8, 4) is 5.75 Å². The maximum Gasteiger partial charge on any atom is 0.286 e. The van der Waals surface area contributed by atoms with Crippen LogP contribution < -0.4 is 14.4 Å². The van der Waals surface area contributed by atoms with Crippen molar-refractivity contribution < 1.29 is 28.4 Å². The molecule has 0 aromatic heterocycles. The van der Waals surface area contributed by atoms with Gasteiger partial charge < -0.3 is 19.5 Å². The average Bonchev–Trinajstić information content (AvgIpc) is 3.17. The van der Waals surface area contributed by atoms with E-state index in [-0.39, 0.29) is 36.0 Å². The molecule has 5 aliphatic rings. The summed E-state index contributed by atoms with van der Waals surface area (Å²) in [5.74, 6) is -0.230.